The van der Waals surface area contributed by atoms with Gasteiger partial charge in [-0.1, -0.05) is 0 Å². The monoisotopic (exact) mass is 213 g/mol. The number of hydrogen-bond acceptors (Lipinski definition) is 3. The van der Waals surface area contributed by atoms with Crippen molar-refractivity contribution in [3.05, 3.63) is 0 Å². The van der Waals surface area contributed by atoms with Crippen LogP contribution in [0.25, 0.3) is 0 Å². The third kappa shape index (κ3) is 2.82. The molecular weight excluding hydrogens is 190 g/mol. The number of rotatable bonds is 1. The second-order valence-electron chi connectivity index (χ2n) is 4.21. The Morgan fingerprint density at radius 3 is 2.33 bits per heavy atom. The fraction of sp³-hybridized carbons (Fsp3) is 0.900. The van der Waals surface area contributed by atoms with Gasteiger partial charge in [-0.05, 0) is 27.8 Å². The first kappa shape index (κ1) is 12.3. The van der Waals surface area contributed by atoms with Crippen LogP contribution in [-0.2, 0) is 0 Å². The Morgan fingerprint density at radius 1 is 1.40 bits per heavy atom. The van der Waals surface area contributed by atoms with E-state index < -0.39 is 0 Å². The normalized spacial score (nSPS) is 29.4. The lowest BCUT2D eigenvalue weighted by atomic mass is 10.1. The molecule has 0 spiro atoms. The van der Waals surface area contributed by atoms with Crippen LogP contribution in [0.2, 0.25) is 0 Å². The molecule has 0 aromatic rings. The highest BCUT2D eigenvalue weighted by molar-refractivity contribution is 5.79. The Bertz CT molecular complexity index is 216. The highest BCUT2D eigenvalue weighted by Gasteiger charge is 2.27. The summed E-state index contributed by atoms with van der Waals surface area (Å²) in [5.41, 5.74) is 2.69. The Hall–Kier alpha value is -0.810. The predicted octanol–water partition coefficient (Wildman–Crippen LogP) is -0.150. The molecule has 0 radical (unpaired) electrons. The van der Waals surface area contributed by atoms with Crippen molar-refractivity contribution in [2.75, 3.05) is 26.7 Å². The number of guanidine groups is 1. The molecule has 1 heterocycles. The lowest BCUT2D eigenvalue weighted by molar-refractivity contribution is 0.0967. The van der Waals surface area contributed by atoms with Gasteiger partial charge in [0.1, 0.15) is 0 Å². The third-order valence-corrected chi connectivity index (χ3v) is 3.10. The van der Waals surface area contributed by atoms with Crippen LogP contribution in [0.3, 0.4) is 0 Å². The summed E-state index contributed by atoms with van der Waals surface area (Å²) >= 11 is 0. The fourth-order valence-electron chi connectivity index (χ4n) is 1.96. The predicted molar refractivity (Wildman–Crippen MR) is 63.6 cm³/mol. The number of likely N-dealkylation sites (N-methyl/N-ethyl adjacent to an activating group) is 1. The SMILES string of the molecule is CCN=C(NN)N1CC(C)N(C)C(C)C1. The maximum absolute atomic E-state index is 5.48. The molecule has 2 unspecified atom stereocenters. The largest absolute Gasteiger partial charge is 0.339 e. The standard InChI is InChI=1S/C10H23N5/c1-5-12-10(13-11)15-6-8(2)14(4)9(3)7-15/h8-9H,5-7,11H2,1-4H3,(H,12,13). The number of hydrazine groups is 1. The van der Waals surface area contributed by atoms with E-state index in [9.17, 15) is 0 Å². The smallest absolute Gasteiger partial charge is 0.208 e. The number of aliphatic imine (C=N–C) groups is 1. The molecule has 1 aliphatic heterocycles. The topological polar surface area (TPSA) is 56.9 Å². The summed E-state index contributed by atoms with van der Waals surface area (Å²) in [5, 5.41) is 0. The summed E-state index contributed by atoms with van der Waals surface area (Å²) in [4.78, 5) is 8.95. The first-order valence-corrected chi connectivity index (χ1v) is 5.58. The third-order valence-electron chi connectivity index (χ3n) is 3.10. The van der Waals surface area contributed by atoms with Gasteiger partial charge in [-0.2, -0.15) is 0 Å². The Balaban J connectivity index is 2.68. The van der Waals surface area contributed by atoms with Gasteiger partial charge in [-0.15, -0.1) is 0 Å². The van der Waals surface area contributed by atoms with Crippen LogP contribution < -0.4 is 11.3 Å². The molecule has 0 aromatic carbocycles. The quantitative estimate of drug-likeness (QED) is 0.275. The van der Waals surface area contributed by atoms with E-state index in [4.69, 9.17) is 5.84 Å². The molecule has 3 N–H and O–H groups in total. The van der Waals surface area contributed by atoms with Crippen molar-refractivity contribution in [2.45, 2.75) is 32.9 Å². The minimum absolute atomic E-state index is 0.532. The van der Waals surface area contributed by atoms with Gasteiger partial charge in [0, 0.05) is 31.7 Å². The van der Waals surface area contributed by atoms with Crippen molar-refractivity contribution in [1.29, 1.82) is 0 Å². The van der Waals surface area contributed by atoms with E-state index in [1.807, 2.05) is 6.92 Å². The number of hydrogen-bond donors (Lipinski definition) is 2. The van der Waals surface area contributed by atoms with Gasteiger partial charge in [0.25, 0.3) is 0 Å². The second-order valence-corrected chi connectivity index (χ2v) is 4.21. The van der Waals surface area contributed by atoms with E-state index in [1.54, 1.807) is 0 Å². The highest BCUT2D eigenvalue weighted by Crippen LogP contribution is 2.12. The summed E-state index contributed by atoms with van der Waals surface area (Å²) in [6.07, 6.45) is 0. The van der Waals surface area contributed by atoms with Gasteiger partial charge in [-0.3, -0.25) is 15.3 Å². The van der Waals surface area contributed by atoms with Crippen molar-refractivity contribution in [3.8, 4) is 0 Å². The molecule has 0 bridgehead atoms. The van der Waals surface area contributed by atoms with E-state index in [1.165, 1.54) is 0 Å². The van der Waals surface area contributed by atoms with Crippen LogP contribution in [0.1, 0.15) is 20.8 Å². The zero-order chi connectivity index (χ0) is 11.4. The maximum Gasteiger partial charge on any atom is 0.208 e. The molecule has 1 aliphatic rings. The summed E-state index contributed by atoms with van der Waals surface area (Å²) < 4.78 is 0. The zero-order valence-corrected chi connectivity index (χ0v) is 10.2. The molecule has 0 aromatic heterocycles. The summed E-state index contributed by atoms with van der Waals surface area (Å²) in [6, 6.07) is 1.06. The average Bonchev–Trinajstić information content (AvgIpc) is 2.22. The van der Waals surface area contributed by atoms with Crippen LogP contribution in [0.15, 0.2) is 4.99 Å². The molecule has 5 heteroatoms. The lowest BCUT2D eigenvalue weighted by Gasteiger charge is -2.43. The zero-order valence-electron chi connectivity index (χ0n) is 10.2. The molecule has 0 saturated carbocycles. The number of nitrogens with zero attached hydrogens (tertiary/aromatic N) is 3. The first-order valence-electron chi connectivity index (χ1n) is 5.58. The number of piperazine rings is 1. The molecule has 0 amide bonds. The van der Waals surface area contributed by atoms with E-state index in [-0.39, 0.29) is 0 Å². The van der Waals surface area contributed by atoms with Gasteiger partial charge < -0.3 is 4.90 Å². The molecule has 5 nitrogen and oxygen atoms in total. The van der Waals surface area contributed by atoms with E-state index in [2.05, 4.69) is 41.1 Å². The van der Waals surface area contributed by atoms with E-state index >= 15 is 0 Å². The molecule has 15 heavy (non-hydrogen) atoms. The van der Waals surface area contributed by atoms with Crippen molar-refractivity contribution in [1.82, 2.24) is 15.2 Å². The van der Waals surface area contributed by atoms with Crippen molar-refractivity contribution in [3.63, 3.8) is 0 Å². The first-order chi connectivity index (χ1) is 7.10. The molecule has 0 aliphatic carbocycles. The van der Waals surface area contributed by atoms with E-state index in [0.717, 1.165) is 25.6 Å². The van der Waals surface area contributed by atoms with Crippen molar-refractivity contribution in [2.24, 2.45) is 10.8 Å². The van der Waals surface area contributed by atoms with Crippen molar-refractivity contribution >= 4 is 5.96 Å². The van der Waals surface area contributed by atoms with Gasteiger partial charge in [0.15, 0.2) is 0 Å². The van der Waals surface area contributed by atoms with Crippen LogP contribution >= 0.6 is 0 Å². The van der Waals surface area contributed by atoms with E-state index in [0.29, 0.717) is 12.1 Å². The highest BCUT2D eigenvalue weighted by atomic mass is 15.4. The molecular formula is C10H23N5. The van der Waals surface area contributed by atoms with Crippen molar-refractivity contribution < 1.29 is 0 Å². The van der Waals surface area contributed by atoms with Crippen LogP contribution in [0, 0.1) is 0 Å². The maximum atomic E-state index is 5.48. The van der Waals surface area contributed by atoms with Gasteiger partial charge in [-0.25, -0.2) is 5.84 Å². The molecule has 2 atom stereocenters. The summed E-state index contributed by atoms with van der Waals surface area (Å²) in [6.45, 7) is 9.17. The Morgan fingerprint density at radius 2 is 1.93 bits per heavy atom. The fourth-order valence-corrected chi connectivity index (χ4v) is 1.96. The molecule has 1 rings (SSSR count). The van der Waals surface area contributed by atoms with Gasteiger partial charge >= 0.3 is 0 Å². The Kier molecular flexibility index (Phi) is 4.35. The minimum atomic E-state index is 0.532. The Labute approximate surface area is 92.3 Å². The van der Waals surface area contributed by atoms with Gasteiger partial charge in [0.05, 0.1) is 0 Å². The van der Waals surface area contributed by atoms with Gasteiger partial charge in [0.2, 0.25) is 5.96 Å². The average molecular weight is 213 g/mol. The summed E-state index contributed by atoms with van der Waals surface area (Å²) in [5.74, 6) is 6.29. The molecule has 1 fully saturated rings. The molecule has 88 valence electrons. The van der Waals surface area contributed by atoms with Crippen LogP contribution in [0.4, 0.5) is 0 Å². The minimum Gasteiger partial charge on any atom is -0.339 e. The van der Waals surface area contributed by atoms with Crippen LogP contribution in [0.5, 0.6) is 0 Å². The number of nitrogens with one attached hydrogen (secondary N) is 1. The lowest BCUT2D eigenvalue weighted by Crippen LogP contribution is -2.59. The van der Waals surface area contributed by atoms with Crippen LogP contribution in [-0.4, -0.2) is 54.5 Å². The summed E-state index contributed by atoms with van der Waals surface area (Å²) in [7, 11) is 2.17. The number of nitrogens with two attached hydrogens (primary N) is 1. The molecule has 1 saturated heterocycles. The second kappa shape index (κ2) is 5.32.